The predicted octanol–water partition coefficient (Wildman–Crippen LogP) is 2.36. The van der Waals surface area contributed by atoms with Gasteiger partial charge in [-0.25, -0.2) is 0 Å². The van der Waals surface area contributed by atoms with Crippen LogP contribution in [-0.4, -0.2) is 10.1 Å². The Morgan fingerprint density at radius 1 is 1.25 bits per heavy atom. The van der Waals surface area contributed by atoms with Crippen LogP contribution in [0.25, 0.3) is 0 Å². The van der Waals surface area contributed by atoms with Gasteiger partial charge in [-0.3, -0.25) is 4.79 Å². The van der Waals surface area contributed by atoms with Crippen molar-refractivity contribution in [2.75, 3.05) is 0 Å². The lowest BCUT2D eigenvalue weighted by Crippen LogP contribution is -2.00. The van der Waals surface area contributed by atoms with E-state index >= 15 is 0 Å². The molecule has 0 aromatic heterocycles. The molecule has 0 atom stereocenters. The first-order chi connectivity index (χ1) is 3.56. The second kappa shape index (κ2) is 5.42. The van der Waals surface area contributed by atoms with Crippen molar-refractivity contribution in [3.63, 3.8) is 0 Å². The molecule has 0 unspecified atom stereocenters. The van der Waals surface area contributed by atoms with Crippen LogP contribution in [0.15, 0.2) is 13.2 Å². The molecule has 0 saturated heterocycles. The topological polar surface area (TPSA) is 17.1 Å². The summed E-state index contributed by atoms with van der Waals surface area (Å²) in [6, 6.07) is 0. The van der Waals surface area contributed by atoms with E-state index in [2.05, 4.69) is 13.2 Å². The quantitative estimate of drug-likeness (QED) is 0.314. The van der Waals surface area contributed by atoms with Crippen LogP contribution in [0.2, 0.25) is 0 Å². The molecule has 0 aliphatic heterocycles. The molecule has 48 valence electrons. The number of alkyl halides is 3. The van der Waals surface area contributed by atoms with E-state index < -0.39 is 3.79 Å². The summed E-state index contributed by atoms with van der Waals surface area (Å²) in [4.78, 5) is 9.43. The highest BCUT2D eigenvalue weighted by Gasteiger charge is 2.16. The normalized spacial score (nSPS) is 8.88. The number of hydrogen-bond donors (Lipinski definition) is 0. The summed E-state index contributed by atoms with van der Waals surface area (Å²) in [5.41, 5.74) is 0. The van der Waals surface area contributed by atoms with Crippen molar-refractivity contribution in [1.29, 1.82) is 0 Å². The molecule has 0 aliphatic carbocycles. The Morgan fingerprint density at radius 2 is 1.38 bits per heavy atom. The second-order valence-electron chi connectivity index (χ2n) is 0.659. The van der Waals surface area contributed by atoms with Crippen LogP contribution >= 0.6 is 34.8 Å². The van der Waals surface area contributed by atoms with Crippen LogP contribution in [0.3, 0.4) is 0 Å². The molecule has 0 fully saturated rings. The van der Waals surface area contributed by atoms with E-state index in [0.29, 0.717) is 0 Å². The molecule has 0 radical (unpaired) electrons. The van der Waals surface area contributed by atoms with Gasteiger partial charge in [-0.2, -0.15) is 0 Å². The predicted molar refractivity (Wildman–Crippen MR) is 37.6 cm³/mol. The largest absolute Gasteiger partial charge is 0.299 e. The zero-order chi connectivity index (χ0) is 7.21. The fraction of sp³-hybridized carbons (Fsp3) is 0.250. The molecule has 0 aromatic rings. The average molecular weight is 175 g/mol. The highest BCUT2D eigenvalue weighted by molar-refractivity contribution is 6.74. The van der Waals surface area contributed by atoms with Gasteiger partial charge in [0.1, 0.15) is 0 Å². The minimum Gasteiger partial charge on any atom is -0.299 e. The Kier molecular flexibility index (Phi) is 7.53. The SMILES string of the molecule is C=C.O=CC(Cl)(Cl)Cl. The number of halogens is 3. The molecular weight excluding hydrogens is 170 g/mol. The van der Waals surface area contributed by atoms with Crippen LogP contribution in [0.4, 0.5) is 0 Å². The van der Waals surface area contributed by atoms with E-state index in [4.69, 9.17) is 34.8 Å². The van der Waals surface area contributed by atoms with Gasteiger partial charge in [0.25, 0.3) is 0 Å². The first kappa shape index (κ1) is 11.1. The smallest absolute Gasteiger partial charge is 0.245 e. The third-order valence-electron chi connectivity index (χ3n) is 0.134. The van der Waals surface area contributed by atoms with Crippen molar-refractivity contribution >= 4 is 41.1 Å². The van der Waals surface area contributed by atoms with Gasteiger partial charge >= 0.3 is 0 Å². The van der Waals surface area contributed by atoms with Crippen molar-refractivity contribution in [3.05, 3.63) is 13.2 Å². The summed E-state index contributed by atoms with van der Waals surface area (Å²) in [6.45, 7) is 6.00. The number of carbonyl (C=O) groups excluding carboxylic acids is 1. The number of aldehydes is 1. The number of hydrogen-bond acceptors (Lipinski definition) is 1. The highest BCUT2D eigenvalue weighted by Crippen LogP contribution is 2.21. The second-order valence-corrected chi connectivity index (χ2v) is 3.03. The van der Waals surface area contributed by atoms with Gasteiger partial charge in [-0.15, -0.1) is 13.2 Å². The molecule has 0 saturated carbocycles. The zero-order valence-corrected chi connectivity index (χ0v) is 6.30. The van der Waals surface area contributed by atoms with E-state index in [1.165, 1.54) is 0 Å². The lowest BCUT2D eigenvalue weighted by atomic mass is 10.9. The van der Waals surface area contributed by atoms with Crippen LogP contribution in [0.5, 0.6) is 0 Å². The zero-order valence-electron chi connectivity index (χ0n) is 4.03. The van der Waals surface area contributed by atoms with E-state index in [1.807, 2.05) is 0 Å². The minimum absolute atomic E-state index is 0.234. The van der Waals surface area contributed by atoms with Crippen LogP contribution in [-0.2, 0) is 4.79 Å². The van der Waals surface area contributed by atoms with Gasteiger partial charge < -0.3 is 0 Å². The molecule has 0 amide bonds. The van der Waals surface area contributed by atoms with Crippen LogP contribution in [0, 0.1) is 0 Å². The van der Waals surface area contributed by atoms with Crippen molar-refractivity contribution in [3.8, 4) is 0 Å². The third kappa shape index (κ3) is 16.3. The van der Waals surface area contributed by atoms with E-state index in [9.17, 15) is 4.79 Å². The standard InChI is InChI=1S/C2HCl3O.C2H4/c3-2(4,5)1-6;1-2/h1H;1-2H2. The minimum atomic E-state index is -1.72. The summed E-state index contributed by atoms with van der Waals surface area (Å²) in [5.74, 6) is 0. The summed E-state index contributed by atoms with van der Waals surface area (Å²) in [7, 11) is 0. The summed E-state index contributed by atoms with van der Waals surface area (Å²) >= 11 is 14.6. The van der Waals surface area contributed by atoms with Crippen molar-refractivity contribution in [1.82, 2.24) is 0 Å². The lowest BCUT2D eigenvalue weighted by Gasteiger charge is -1.93. The Morgan fingerprint density at radius 3 is 1.38 bits per heavy atom. The van der Waals surface area contributed by atoms with Crippen molar-refractivity contribution in [2.45, 2.75) is 3.79 Å². The maximum atomic E-state index is 9.43. The highest BCUT2D eigenvalue weighted by atomic mass is 35.6. The fourth-order valence-corrected chi connectivity index (χ4v) is 0. The molecule has 0 heterocycles. The molecular formula is C4H5Cl3O. The summed E-state index contributed by atoms with van der Waals surface area (Å²) in [5, 5.41) is 0. The molecule has 0 bridgehead atoms. The monoisotopic (exact) mass is 174 g/mol. The van der Waals surface area contributed by atoms with Crippen LogP contribution < -0.4 is 0 Å². The number of carbonyl (C=O) groups is 1. The summed E-state index contributed by atoms with van der Waals surface area (Å²) < 4.78 is -1.72. The molecule has 0 spiro atoms. The average Bonchev–Trinajstić information content (AvgIpc) is 1.71. The Balaban J connectivity index is 0. The van der Waals surface area contributed by atoms with Gasteiger partial charge in [0.2, 0.25) is 3.79 Å². The summed E-state index contributed by atoms with van der Waals surface area (Å²) in [6.07, 6.45) is 0.234. The van der Waals surface area contributed by atoms with Crippen molar-refractivity contribution in [2.24, 2.45) is 0 Å². The molecule has 1 nitrogen and oxygen atoms in total. The van der Waals surface area contributed by atoms with Gasteiger partial charge in [-0.05, 0) is 0 Å². The van der Waals surface area contributed by atoms with Gasteiger partial charge in [-0.1, -0.05) is 34.8 Å². The van der Waals surface area contributed by atoms with E-state index in [0.717, 1.165) is 0 Å². The third-order valence-corrected chi connectivity index (χ3v) is 0.401. The Hall–Kier alpha value is 0.280. The van der Waals surface area contributed by atoms with E-state index in [1.54, 1.807) is 0 Å². The maximum absolute atomic E-state index is 9.43. The molecule has 0 rings (SSSR count). The first-order valence-electron chi connectivity index (χ1n) is 1.59. The molecule has 4 heteroatoms. The van der Waals surface area contributed by atoms with Gasteiger partial charge in [0.15, 0.2) is 6.29 Å². The Labute approximate surface area is 63.2 Å². The fourth-order valence-electron chi connectivity index (χ4n) is 0. The van der Waals surface area contributed by atoms with Crippen molar-refractivity contribution < 1.29 is 4.79 Å². The van der Waals surface area contributed by atoms with Gasteiger partial charge in [0, 0.05) is 0 Å². The number of rotatable bonds is 0. The van der Waals surface area contributed by atoms with Crippen LogP contribution in [0.1, 0.15) is 0 Å². The Bertz CT molecular complexity index is 66.2. The maximum Gasteiger partial charge on any atom is 0.245 e. The van der Waals surface area contributed by atoms with Gasteiger partial charge in [0.05, 0.1) is 0 Å². The van der Waals surface area contributed by atoms with E-state index in [-0.39, 0.29) is 6.29 Å². The molecule has 0 aromatic carbocycles. The molecule has 0 aliphatic rings. The first-order valence-corrected chi connectivity index (χ1v) is 2.73. The molecule has 8 heavy (non-hydrogen) atoms. The lowest BCUT2D eigenvalue weighted by molar-refractivity contribution is -0.107. The molecule has 0 N–H and O–H groups in total.